The molecule has 0 bridgehead atoms. The second kappa shape index (κ2) is 9.85. The lowest BCUT2D eigenvalue weighted by molar-refractivity contribution is 0.181. The molecule has 36 heavy (non-hydrogen) atoms. The van der Waals surface area contributed by atoms with Crippen molar-refractivity contribution in [2.45, 2.75) is 45.8 Å². The van der Waals surface area contributed by atoms with Crippen LogP contribution in [0.3, 0.4) is 0 Å². The van der Waals surface area contributed by atoms with Gasteiger partial charge in [0.1, 0.15) is 17.4 Å². The molecule has 5 rings (SSSR count). The van der Waals surface area contributed by atoms with Crippen molar-refractivity contribution < 1.29 is 9.47 Å². The minimum absolute atomic E-state index is 0.0130. The number of hydrogen-bond donors (Lipinski definition) is 1. The lowest BCUT2D eigenvalue weighted by Gasteiger charge is -2.27. The molecule has 1 atom stereocenters. The molecule has 7 nitrogen and oxygen atoms in total. The molecular weight excluding hydrogens is 450 g/mol. The largest absolute Gasteiger partial charge is 0.485 e. The molecule has 1 aliphatic rings. The smallest absolute Gasteiger partial charge is 0.213 e. The molecule has 0 saturated heterocycles. The Balaban J connectivity index is 1.37. The average molecular weight is 482 g/mol. The summed E-state index contributed by atoms with van der Waals surface area (Å²) in [6.07, 6.45) is 10.6. The topological polar surface area (TPSA) is 88.1 Å². The van der Waals surface area contributed by atoms with Gasteiger partial charge < -0.3 is 15.2 Å². The van der Waals surface area contributed by atoms with Crippen molar-refractivity contribution in [2.24, 2.45) is 0 Å². The number of fused-ring (bicyclic) bond motifs is 2. The van der Waals surface area contributed by atoms with Crippen LogP contribution < -0.4 is 15.2 Å². The third-order valence-electron chi connectivity index (χ3n) is 6.80. The molecule has 1 unspecified atom stereocenters. The summed E-state index contributed by atoms with van der Waals surface area (Å²) in [5.74, 6) is 1.96. The molecule has 3 aromatic heterocycles. The van der Waals surface area contributed by atoms with E-state index in [1.165, 1.54) is 5.56 Å². The number of pyridine rings is 2. The number of nitrogen functional groups attached to an aromatic ring is 1. The molecular formula is C29H31N5O2. The third kappa shape index (κ3) is 4.44. The van der Waals surface area contributed by atoms with Crippen molar-refractivity contribution in [2.75, 3.05) is 12.8 Å². The van der Waals surface area contributed by atoms with Crippen LogP contribution >= 0.6 is 0 Å². The summed E-state index contributed by atoms with van der Waals surface area (Å²) < 4.78 is 13.7. The first-order valence-corrected chi connectivity index (χ1v) is 12.2. The second-order valence-electron chi connectivity index (χ2n) is 9.10. The van der Waals surface area contributed by atoms with Gasteiger partial charge in [0.2, 0.25) is 11.8 Å². The van der Waals surface area contributed by atoms with Crippen molar-refractivity contribution in [1.29, 1.82) is 0 Å². The Morgan fingerprint density at radius 2 is 2.08 bits per heavy atom. The number of benzene rings is 1. The highest BCUT2D eigenvalue weighted by Gasteiger charge is 2.23. The van der Waals surface area contributed by atoms with Crippen LogP contribution in [0.4, 0.5) is 5.95 Å². The average Bonchev–Trinajstić information content (AvgIpc) is 3.20. The maximum absolute atomic E-state index is 6.48. The van der Waals surface area contributed by atoms with E-state index >= 15 is 0 Å². The minimum atomic E-state index is -0.0130. The van der Waals surface area contributed by atoms with Gasteiger partial charge in [0.15, 0.2) is 5.65 Å². The number of rotatable bonds is 7. The number of aromatic nitrogens is 4. The van der Waals surface area contributed by atoms with Crippen LogP contribution in [-0.2, 0) is 13.0 Å². The molecule has 2 N–H and O–H groups in total. The van der Waals surface area contributed by atoms with Crippen LogP contribution in [0, 0.1) is 6.92 Å². The standard InChI is InChI=1S/C29H31N5O2/c1-5-20(6-2)22-13-24-28(32-15-22)34(29(30)33-24)17-19-10-11-25(18(3)12-19)36-26-9-7-8-21-14-27(35-4)31-16-23(21)26/h5-6,10-16,26H,1,7-9,17H2,2-4H3,(H2,30,33)/b20-6+. The summed E-state index contributed by atoms with van der Waals surface area (Å²) in [6.45, 7) is 8.49. The van der Waals surface area contributed by atoms with Gasteiger partial charge in [-0.2, -0.15) is 0 Å². The molecule has 3 heterocycles. The van der Waals surface area contributed by atoms with E-state index < -0.39 is 0 Å². The van der Waals surface area contributed by atoms with Crippen LogP contribution in [0.25, 0.3) is 16.7 Å². The number of nitrogens with zero attached hydrogens (tertiary/aromatic N) is 4. The molecule has 0 spiro atoms. The third-order valence-corrected chi connectivity index (χ3v) is 6.80. The van der Waals surface area contributed by atoms with E-state index in [-0.39, 0.29) is 6.10 Å². The fourth-order valence-corrected chi connectivity index (χ4v) is 4.88. The molecule has 4 aromatic rings. The second-order valence-corrected chi connectivity index (χ2v) is 9.10. The summed E-state index contributed by atoms with van der Waals surface area (Å²) >= 11 is 0. The predicted octanol–water partition coefficient (Wildman–Crippen LogP) is 5.82. The van der Waals surface area contributed by atoms with E-state index in [4.69, 9.17) is 15.2 Å². The number of hydrogen-bond acceptors (Lipinski definition) is 6. The van der Waals surface area contributed by atoms with E-state index in [9.17, 15) is 0 Å². The van der Waals surface area contributed by atoms with Crippen molar-refractivity contribution in [3.63, 3.8) is 0 Å². The van der Waals surface area contributed by atoms with Gasteiger partial charge in [-0.3, -0.25) is 4.57 Å². The zero-order valence-electron chi connectivity index (χ0n) is 21.0. The fourth-order valence-electron chi connectivity index (χ4n) is 4.88. The first-order valence-electron chi connectivity index (χ1n) is 12.2. The highest BCUT2D eigenvalue weighted by molar-refractivity contribution is 5.82. The van der Waals surface area contributed by atoms with Crippen LogP contribution in [0.15, 0.2) is 61.5 Å². The van der Waals surface area contributed by atoms with E-state index in [1.54, 1.807) is 7.11 Å². The molecule has 0 fully saturated rings. The number of nitrogens with two attached hydrogens (primary N) is 1. The number of methoxy groups -OCH3 is 1. The normalized spacial score (nSPS) is 15.5. The lowest BCUT2D eigenvalue weighted by Crippen LogP contribution is -2.16. The van der Waals surface area contributed by atoms with Crippen molar-refractivity contribution in [1.82, 2.24) is 19.5 Å². The first kappa shape index (κ1) is 23.6. The molecule has 7 heteroatoms. The Bertz CT molecular complexity index is 1470. The molecule has 0 amide bonds. The van der Waals surface area contributed by atoms with Crippen molar-refractivity contribution in [3.8, 4) is 11.6 Å². The van der Waals surface area contributed by atoms with E-state index in [2.05, 4.69) is 40.6 Å². The van der Waals surface area contributed by atoms with Gasteiger partial charge in [0.25, 0.3) is 0 Å². The van der Waals surface area contributed by atoms with E-state index in [1.807, 2.05) is 54.2 Å². The maximum Gasteiger partial charge on any atom is 0.213 e. The van der Waals surface area contributed by atoms with Gasteiger partial charge in [0, 0.05) is 29.6 Å². The SMILES string of the molecule is C=C/C(=C\C)c1cnc2c(c1)nc(N)n2Cc1ccc(OC2CCCc3cc(OC)ncc32)c(C)c1. The minimum Gasteiger partial charge on any atom is -0.485 e. The summed E-state index contributed by atoms with van der Waals surface area (Å²) in [4.78, 5) is 13.6. The van der Waals surface area contributed by atoms with Crippen LogP contribution in [-0.4, -0.2) is 26.6 Å². The fraction of sp³-hybridized carbons (Fsp3) is 0.276. The summed E-state index contributed by atoms with van der Waals surface area (Å²) in [7, 11) is 1.65. The van der Waals surface area contributed by atoms with Crippen LogP contribution in [0.2, 0.25) is 0 Å². The lowest BCUT2D eigenvalue weighted by atomic mass is 9.91. The van der Waals surface area contributed by atoms with Gasteiger partial charge in [-0.1, -0.05) is 30.9 Å². The number of aryl methyl sites for hydroxylation is 2. The van der Waals surface area contributed by atoms with E-state index in [0.717, 1.165) is 64.0 Å². The number of imidazole rings is 1. The van der Waals surface area contributed by atoms with E-state index in [0.29, 0.717) is 18.4 Å². The quantitative estimate of drug-likeness (QED) is 0.335. The highest BCUT2D eigenvalue weighted by atomic mass is 16.5. The van der Waals surface area contributed by atoms with Gasteiger partial charge in [0.05, 0.1) is 13.7 Å². The van der Waals surface area contributed by atoms with Crippen LogP contribution in [0.5, 0.6) is 11.6 Å². The Labute approximate surface area is 211 Å². The van der Waals surface area contributed by atoms with Crippen molar-refractivity contribution >= 4 is 22.7 Å². The van der Waals surface area contributed by atoms with Gasteiger partial charge in [-0.15, -0.1) is 0 Å². The van der Waals surface area contributed by atoms with Crippen LogP contribution in [0.1, 0.15) is 53.7 Å². The number of ether oxygens (including phenoxy) is 2. The zero-order chi connectivity index (χ0) is 25.2. The maximum atomic E-state index is 6.48. The monoisotopic (exact) mass is 481 g/mol. The van der Waals surface area contributed by atoms with Gasteiger partial charge in [-0.25, -0.2) is 15.0 Å². The Morgan fingerprint density at radius 1 is 1.22 bits per heavy atom. The molecule has 1 aliphatic carbocycles. The van der Waals surface area contributed by atoms with Gasteiger partial charge >= 0.3 is 0 Å². The summed E-state index contributed by atoms with van der Waals surface area (Å²) in [5, 5.41) is 0. The predicted molar refractivity (Wildman–Crippen MR) is 143 cm³/mol. The summed E-state index contributed by atoms with van der Waals surface area (Å²) in [5.41, 5.74) is 14.4. The molecule has 0 saturated carbocycles. The van der Waals surface area contributed by atoms with Gasteiger partial charge in [-0.05, 0) is 67.5 Å². The Morgan fingerprint density at radius 3 is 2.83 bits per heavy atom. The number of anilines is 1. The Kier molecular flexibility index (Phi) is 6.46. The molecule has 0 aliphatic heterocycles. The molecule has 0 radical (unpaired) electrons. The summed E-state index contributed by atoms with van der Waals surface area (Å²) in [6, 6.07) is 10.3. The van der Waals surface area contributed by atoms with Crippen molar-refractivity contribution in [3.05, 3.63) is 89.3 Å². The molecule has 1 aromatic carbocycles. The Hall–Kier alpha value is -4.13. The first-order chi connectivity index (χ1) is 17.5. The number of allylic oxidation sites excluding steroid dienone is 3. The zero-order valence-corrected chi connectivity index (χ0v) is 21.0. The molecule has 184 valence electrons. The highest BCUT2D eigenvalue weighted by Crippen LogP contribution is 2.36.